The maximum absolute atomic E-state index is 5.50. The molecule has 9 heteroatoms. The first-order valence-corrected chi connectivity index (χ1v) is 11.5. The largest absolute Gasteiger partial charge is 0.378 e. The normalized spacial score (nSPS) is 16.5. The van der Waals surface area contributed by atoms with Crippen molar-refractivity contribution >= 4 is 34.6 Å². The van der Waals surface area contributed by atoms with Crippen LogP contribution in [0.3, 0.4) is 0 Å². The summed E-state index contributed by atoms with van der Waals surface area (Å²) in [5, 5.41) is 3.38. The van der Waals surface area contributed by atoms with Crippen LogP contribution in [0.25, 0.3) is 22.4 Å². The highest BCUT2D eigenvalue weighted by Gasteiger charge is 2.21. The van der Waals surface area contributed by atoms with E-state index in [4.69, 9.17) is 19.7 Å². The van der Waals surface area contributed by atoms with E-state index in [2.05, 4.69) is 25.1 Å². The van der Waals surface area contributed by atoms with E-state index in [1.54, 1.807) is 0 Å². The van der Waals surface area contributed by atoms with E-state index >= 15 is 0 Å². The van der Waals surface area contributed by atoms with Gasteiger partial charge in [-0.2, -0.15) is 15.0 Å². The number of imidazole rings is 1. The summed E-state index contributed by atoms with van der Waals surface area (Å²) >= 11 is 0. The Labute approximate surface area is 191 Å². The number of nitrogens with one attached hydrogen (secondary N) is 2. The third-order valence-electron chi connectivity index (χ3n) is 6.10. The summed E-state index contributed by atoms with van der Waals surface area (Å²) in [6.07, 6.45) is 2.34. The monoisotopic (exact) mass is 442 g/mol. The lowest BCUT2D eigenvalue weighted by atomic mass is 10.2. The van der Waals surface area contributed by atoms with Crippen LogP contribution < -0.4 is 15.1 Å². The summed E-state index contributed by atoms with van der Waals surface area (Å²) in [5.74, 6) is 2.86. The molecule has 0 atom stereocenters. The van der Waals surface area contributed by atoms with Crippen LogP contribution in [0.15, 0.2) is 48.5 Å². The van der Waals surface area contributed by atoms with E-state index in [1.165, 1.54) is 12.8 Å². The van der Waals surface area contributed by atoms with Crippen molar-refractivity contribution in [2.75, 3.05) is 54.5 Å². The molecule has 2 fully saturated rings. The SMILES string of the molecule is c1ccc2[nH]c(-c3ccc(Nc4nc(N5CCCC5)nc(N5CCOCC5)n4)cc3)nc2c1. The highest BCUT2D eigenvalue weighted by molar-refractivity contribution is 5.79. The molecule has 2 aliphatic heterocycles. The Morgan fingerprint density at radius 3 is 2.18 bits per heavy atom. The predicted octanol–water partition coefficient (Wildman–Crippen LogP) is 3.60. The summed E-state index contributed by atoms with van der Waals surface area (Å²) in [7, 11) is 0. The van der Waals surface area contributed by atoms with Gasteiger partial charge in [0.05, 0.1) is 24.2 Å². The second-order valence-electron chi connectivity index (χ2n) is 8.36. The van der Waals surface area contributed by atoms with Crippen molar-refractivity contribution in [1.29, 1.82) is 0 Å². The minimum absolute atomic E-state index is 0.560. The van der Waals surface area contributed by atoms with Gasteiger partial charge in [-0.25, -0.2) is 4.98 Å². The number of nitrogens with zero attached hydrogens (tertiary/aromatic N) is 6. The Morgan fingerprint density at radius 2 is 1.45 bits per heavy atom. The maximum atomic E-state index is 5.50. The molecule has 0 unspecified atom stereocenters. The van der Waals surface area contributed by atoms with Gasteiger partial charge in [0.25, 0.3) is 0 Å². The Hall–Kier alpha value is -3.72. The first kappa shape index (κ1) is 19.9. The van der Waals surface area contributed by atoms with Crippen LogP contribution in [0.4, 0.5) is 23.5 Å². The van der Waals surface area contributed by atoms with Gasteiger partial charge in [-0.05, 0) is 49.2 Å². The van der Waals surface area contributed by atoms with Gasteiger partial charge in [0.15, 0.2) is 0 Å². The van der Waals surface area contributed by atoms with Crippen molar-refractivity contribution in [3.05, 3.63) is 48.5 Å². The fourth-order valence-electron chi connectivity index (χ4n) is 4.30. The number of fused-ring (bicyclic) bond motifs is 1. The van der Waals surface area contributed by atoms with Crippen molar-refractivity contribution in [2.45, 2.75) is 12.8 Å². The van der Waals surface area contributed by atoms with Gasteiger partial charge in [0, 0.05) is 37.4 Å². The molecule has 9 nitrogen and oxygen atoms in total. The van der Waals surface area contributed by atoms with Gasteiger partial charge < -0.3 is 24.8 Å². The molecule has 0 bridgehead atoms. The molecule has 0 saturated carbocycles. The van der Waals surface area contributed by atoms with Gasteiger partial charge >= 0.3 is 0 Å². The second-order valence-corrected chi connectivity index (χ2v) is 8.36. The Bertz CT molecular complexity index is 1210. The lowest BCUT2D eigenvalue weighted by Crippen LogP contribution is -2.38. The molecule has 0 amide bonds. The van der Waals surface area contributed by atoms with Crippen molar-refractivity contribution in [3.63, 3.8) is 0 Å². The van der Waals surface area contributed by atoms with Gasteiger partial charge in [0.1, 0.15) is 5.82 Å². The van der Waals surface area contributed by atoms with Gasteiger partial charge in [-0.3, -0.25) is 0 Å². The average molecular weight is 443 g/mol. The number of aromatic amines is 1. The van der Waals surface area contributed by atoms with Crippen LogP contribution in [0.2, 0.25) is 0 Å². The number of H-pyrrole nitrogens is 1. The predicted molar refractivity (Wildman–Crippen MR) is 129 cm³/mol. The standard InChI is InChI=1S/C24H26N8O/c1-2-6-20-19(5-1)26-21(27-20)17-7-9-18(10-8-17)25-22-28-23(31-11-3-4-12-31)30-24(29-22)32-13-15-33-16-14-32/h1-2,5-10H,3-4,11-16H2,(H,26,27)(H,25,28,29,30). The molecule has 4 aromatic rings. The molecule has 4 heterocycles. The van der Waals surface area contributed by atoms with Crippen LogP contribution in [0, 0.1) is 0 Å². The zero-order valence-corrected chi connectivity index (χ0v) is 18.4. The number of para-hydroxylation sites is 2. The van der Waals surface area contributed by atoms with Gasteiger partial charge in [0.2, 0.25) is 17.8 Å². The van der Waals surface area contributed by atoms with Crippen LogP contribution in [-0.2, 0) is 4.74 Å². The lowest BCUT2D eigenvalue weighted by molar-refractivity contribution is 0.122. The van der Waals surface area contributed by atoms with Crippen molar-refractivity contribution < 1.29 is 4.74 Å². The zero-order chi connectivity index (χ0) is 22.0. The molecule has 6 rings (SSSR count). The summed E-state index contributed by atoms with van der Waals surface area (Å²) < 4.78 is 5.50. The number of morpholine rings is 1. The first-order valence-electron chi connectivity index (χ1n) is 11.5. The molecule has 33 heavy (non-hydrogen) atoms. The summed E-state index contributed by atoms with van der Waals surface area (Å²) in [5.41, 5.74) is 3.94. The number of anilines is 4. The average Bonchev–Trinajstić information content (AvgIpc) is 3.55. The molecule has 0 aliphatic carbocycles. The minimum Gasteiger partial charge on any atom is -0.378 e. The smallest absolute Gasteiger partial charge is 0.233 e. The molecule has 2 aliphatic rings. The van der Waals surface area contributed by atoms with Crippen LogP contribution in [0.1, 0.15) is 12.8 Å². The number of aromatic nitrogens is 5. The van der Waals surface area contributed by atoms with Gasteiger partial charge in [-0.15, -0.1) is 0 Å². The fourth-order valence-corrected chi connectivity index (χ4v) is 4.30. The third kappa shape index (κ3) is 4.19. The lowest BCUT2D eigenvalue weighted by Gasteiger charge is -2.28. The summed E-state index contributed by atoms with van der Waals surface area (Å²) in [6.45, 7) is 4.92. The summed E-state index contributed by atoms with van der Waals surface area (Å²) in [4.78, 5) is 26.7. The number of hydrogen-bond acceptors (Lipinski definition) is 8. The minimum atomic E-state index is 0.560. The Kier molecular flexibility index (Phi) is 5.23. The molecular formula is C24H26N8O. The van der Waals surface area contributed by atoms with E-state index in [0.717, 1.165) is 60.2 Å². The highest BCUT2D eigenvalue weighted by Crippen LogP contribution is 2.25. The topological polar surface area (TPSA) is 95.1 Å². The zero-order valence-electron chi connectivity index (χ0n) is 18.4. The van der Waals surface area contributed by atoms with Crippen molar-refractivity contribution in [3.8, 4) is 11.4 Å². The molecule has 2 N–H and O–H groups in total. The fraction of sp³-hybridized carbons (Fsp3) is 0.333. The van der Waals surface area contributed by atoms with E-state index < -0.39 is 0 Å². The molecule has 2 aromatic heterocycles. The van der Waals surface area contributed by atoms with Crippen molar-refractivity contribution in [2.24, 2.45) is 0 Å². The quantitative estimate of drug-likeness (QED) is 0.484. The van der Waals surface area contributed by atoms with E-state index in [1.807, 2.05) is 48.5 Å². The molecule has 0 spiro atoms. The number of hydrogen-bond donors (Lipinski definition) is 2. The van der Waals surface area contributed by atoms with Crippen LogP contribution in [-0.4, -0.2) is 64.3 Å². The Balaban J connectivity index is 1.26. The molecular weight excluding hydrogens is 416 g/mol. The summed E-state index contributed by atoms with van der Waals surface area (Å²) in [6, 6.07) is 16.2. The highest BCUT2D eigenvalue weighted by atomic mass is 16.5. The van der Waals surface area contributed by atoms with Gasteiger partial charge in [-0.1, -0.05) is 12.1 Å². The van der Waals surface area contributed by atoms with Crippen LogP contribution in [0.5, 0.6) is 0 Å². The maximum Gasteiger partial charge on any atom is 0.233 e. The first-order chi connectivity index (χ1) is 16.3. The van der Waals surface area contributed by atoms with Crippen LogP contribution >= 0.6 is 0 Å². The number of benzene rings is 2. The second kappa shape index (κ2) is 8.67. The van der Waals surface area contributed by atoms with Crippen molar-refractivity contribution in [1.82, 2.24) is 24.9 Å². The molecule has 2 aromatic carbocycles. The van der Waals surface area contributed by atoms with E-state index in [0.29, 0.717) is 25.1 Å². The Morgan fingerprint density at radius 1 is 0.758 bits per heavy atom. The third-order valence-corrected chi connectivity index (χ3v) is 6.10. The molecule has 0 radical (unpaired) electrons. The molecule has 168 valence electrons. The number of ether oxygens (including phenoxy) is 1. The number of rotatable bonds is 5. The van der Waals surface area contributed by atoms with E-state index in [9.17, 15) is 0 Å². The van der Waals surface area contributed by atoms with E-state index in [-0.39, 0.29) is 0 Å². The molecule has 2 saturated heterocycles.